The molecule has 0 aliphatic carbocycles. The molecule has 35 heavy (non-hydrogen) atoms. The highest BCUT2D eigenvalue weighted by Gasteiger charge is 2.29. The fourth-order valence-electron chi connectivity index (χ4n) is 3.28. The highest BCUT2D eigenvalue weighted by Crippen LogP contribution is 2.26. The molecule has 0 unspecified atom stereocenters. The number of ether oxygens (including phenoxy) is 1. The summed E-state index contributed by atoms with van der Waals surface area (Å²) in [7, 11) is -4.28. The van der Waals surface area contributed by atoms with Crippen LogP contribution in [0.3, 0.4) is 0 Å². The Hall–Kier alpha value is -3.74. The van der Waals surface area contributed by atoms with Crippen molar-refractivity contribution in [1.82, 2.24) is 30.0 Å². The number of anilines is 1. The van der Waals surface area contributed by atoms with Crippen LogP contribution in [0.25, 0.3) is 22.4 Å². The summed E-state index contributed by atoms with van der Waals surface area (Å²) in [6.45, 7) is 8.74. The predicted octanol–water partition coefficient (Wildman–Crippen LogP) is 2.35. The number of alkyl carbamates (subject to hydrolysis) is 1. The minimum absolute atomic E-state index is 0.00763. The van der Waals surface area contributed by atoms with Crippen molar-refractivity contribution < 1.29 is 22.7 Å². The maximum atomic E-state index is 13.1. The van der Waals surface area contributed by atoms with Gasteiger partial charge in [-0.15, -0.1) is 0 Å². The van der Waals surface area contributed by atoms with Gasteiger partial charge in [0.2, 0.25) is 5.95 Å². The Morgan fingerprint density at radius 1 is 1.20 bits per heavy atom. The molecule has 13 heteroatoms. The van der Waals surface area contributed by atoms with Crippen molar-refractivity contribution in [3.05, 3.63) is 30.6 Å². The summed E-state index contributed by atoms with van der Waals surface area (Å²) in [6, 6.07) is 4.74. The topological polar surface area (TPSA) is 182 Å². The number of carbonyl (C=O) groups is 2. The largest absolute Gasteiger partial charge is 0.444 e. The number of benzene rings is 1. The quantitative estimate of drug-likeness (QED) is 0.376. The maximum absolute atomic E-state index is 13.1. The molecule has 1 aromatic carbocycles. The summed E-state index contributed by atoms with van der Waals surface area (Å²) in [5.74, 6) is -0.908. The zero-order chi connectivity index (χ0) is 26.0. The number of nitrogens with one attached hydrogen (secondary N) is 3. The Bertz CT molecular complexity index is 1350. The number of nitrogen functional groups attached to an aromatic ring is 1. The van der Waals surface area contributed by atoms with Crippen LogP contribution in [-0.2, 0) is 19.6 Å². The minimum atomic E-state index is -4.28. The second-order valence-corrected chi connectivity index (χ2v) is 11.0. The number of hydrogen-bond donors (Lipinski definition) is 4. The molecule has 0 aliphatic rings. The highest BCUT2D eigenvalue weighted by atomic mass is 32.2. The van der Waals surface area contributed by atoms with Crippen molar-refractivity contribution in [2.75, 3.05) is 5.73 Å². The number of hydrogen-bond acceptors (Lipinski definition) is 9. The molecule has 1 atom stereocenters. The van der Waals surface area contributed by atoms with Gasteiger partial charge in [-0.25, -0.2) is 27.9 Å². The number of carbonyl (C=O) groups excluding carboxylic acids is 2. The summed E-state index contributed by atoms with van der Waals surface area (Å²) < 4.78 is 33.4. The monoisotopic (exact) mass is 503 g/mol. The standard InChI is InChI=1S/C22H29N7O5S/c1-12(2)9-15(26-21(31)34-22(3,4)5)19(30)29-35(32,33)14-8-6-7-13(10-14)16-17-18(25-11-24-17)28-20(23)27-16/h6-8,10-12,15H,9H2,1-5H3,(H,26,31)(H,29,30)(H3,23,24,25,27,28)/t15-/m0/s1. The molecule has 188 valence electrons. The third kappa shape index (κ3) is 6.66. The predicted molar refractivity (Wildman–Crippen MR) is 129 cm³/mol. The Kier molecular flexibility index (Phi) is 7.29. The second-order valence-electron chi connectivity index (χ2n) is 9.36. The summed E-state index contributed by atoms with van der Waals surface area (Å²) in [6.07, 6.45) is 0.816. The molecular formula is C22H29N7O5S. The van der Waals surface area contributed by atoms with Gasteiger partial charge in [-0.1, -0.05) is 26.0 Å². The van der Waals surface area contributed by atoms with E-state index in [1.165, 1.54) is 24.5 Å². The molecule has 0 radical (unpaired) electrons. The summed E-state index contributed by atoms with van der Waals surface area (Å²) >= 11 is 0. The summed E-state index contributed by atoms with van der Waals surface area (Å²) in [4.78, 5) is 40.1. The Morgan fingerprint density at radius 3 is 2.57 bits per heavy atom. The molecule has 3 rings (SSSR count). The first-order valence-corrected chi connectivity index (χ1v) is 12.4. The van der Waals surface area contributed by atoms with Crippen molar-refractivity contribution >= 4 is 39.1 Å². The molecule has 2 aromatic heterocycles. The van der Waals surface area contributed by atoms with Gasteiger partial charge in [-0.2, -0.15) is 4.98 Å². The van der Waals surface area contributed by atoms with Crippen LogP contribution in [0.1, 0.15) is 41.0 Å². The average Bonchev–Trinajstić information content (AvgIpc) is 3.19. The lowest BCUT2D eigenvalue weighted by atomic mass is 10.0. The summed E-state index contributed by atoms with van der Waals surface area (Å²) in [5, 5.41) is 2.46. The van der Waals surface area contributed by atoms with E-state index in [1.807, 2.05) is 13.8 Å². The van der Waals surface area contributed by atoms with E-state index >= 15 is 0 Å². The molecular weight excluding hydrogens is 474 g/mol. The van der Waals surface area contributed by atoms with Crippen LogP contribution in [-0.4, -0.2) is 52.0 Å². The fraction of sp³-hybridized carbons (Fsp3) is 0.409. The number of nitrogens with two attached hydrogens (primary N) is 1. The van der Waals surface area contributed by atoms with Crippen molar-refractivity contribution in [2.24, 2.45) is 5.92 Å². The van der Waals surface area contributed by atoms with Crippen LogP contribution in [0.5, 0.6) is 0 Å². The lowest BCUT2D eigenvalue weighted by Crippen LogP contribution is -2.50. The Morgan fingerprint density at radius 2 is 1.91 bits per heavy atom. The lowest BCUT2D eigenvalue weighted by molar-refractivity contribution is -0.121. The van der Waals surface area contributed by atoms with E-state index in [-0.39, 0.29) is 23.2 Å². The van der Waals surface area contributed by atoms with Crippen LogP contribution < -0.4 is 15.8 Å². The first-order valence-electron chi connectivity index (χ1n) is 10.9. The van der Waals surface area contributed by atoms with Crippen LogP contribution in [0.15, 0.2) is 35.5 Å². The smallest absolute Gasteiger partial charge is 0.408 e. The van der Waals surface area contributed by atoms with Gasteiger partial charge in [0, 0.05) is 5.56 Å². The molecule has 2 heterocycles. The second kappa shape index (κ2) is 9.86. The molecule has 0 saturated heterocycles. The van der Waals surface area contributed by atoms with Gasteiger partial charge in [0.25, 0.3) is 15.9 Å². The van der Waals surface area contributed by atoms with Gasteiger partial charge in [0.15, 0.2) is 5.65 Å². The third-order valence-electron chi connectivity index (χ3n) is 4.67. The molecule has 0 spiro atoms. The number of H-pyrrole nitrogens is 1. The van der Waals surface area contributed by atoms with Crippen molar-refractivity contribution in [3.63, 3.8) is 0 Å². The van der Waals surface area contributed by atoms with Gasteiger partial charge in [0.1, 0.15) is 22.9 Å². The molecule has 12 nitrogen and oxygen atoms in total. The number of imidazole rings is 1. The van der Waals surface area contributed by atoms with Crippen LogP contribution in [0.2, 0.25) is 0 Å². The molecule has 0 bridgehead atoms. The molecule has 0 saturated carbocycles. The van der Waals surface area contributed by atoms with Crippen LogP contribution >= 0.6 is 0 Å². The highest BCUT2D eigenvalue weighted by molar-refractivity contribution is 7.90. The number of aromatic nitrogens is 4. The van der Waals surface area contributed by atoms with Crippen LogP contribution in [0, 0.1) is 5.92 Å². The van der Waals surface area contributed by atoms with Gasteiger partial charge in [0.05, 0.1) is 11.2 Å². The van der Waals surface area contributed by atoms with Gasteiger partial charge < -0.3 is 20.8 Å². The number of sulfonamides is 1. The molecule has 5 N–H and O–H groups in total. The third-order valence-corrected chi connectivity index (χ3v) is 6.01. The van der Waals surface area contributed by atoms with E-state index in [2.05, 4.69) is 30.0 Å². The fourth-order valence-corrected chi connectivity index (χ4v) is 4.35. The Labute approximate surface area is 203 Å². The molecule has 0 aliphatic heterocycles. The molecule has 0 fully saturated rings. The number of amides is 2. The normalized spacial score (nSPS) is 13.0. The number of aromatic amines is 1. The zero-order valence-electron chi connectivity index (χ0n) is 20.1. The lowest BCUT2D eigenvalue weighted by Gasteiger charge is -2.24. The number of rotatable bonds is 7. The molecule has 3 aromatic rings. The first-order chi connectivity index (χ1) is 16.2. The number of nitrogens with zero attached hydrogens (tertiary/aromatic N) is 3. The SMILES string of the molecule is CC(C)C[C@H](NC(=O)OC(C)(C)C)C(=O)NS(=O)(=O)c1cccc(-c2nc(N)nc3nc[nH]c23)c1. The van der Waals surface area contributed by atoms with E-state index in [0.717, 1.165) is 0 Å². The van der Waals surface area contributed by atoms with E-state index in [4.69, 9.17) is 10.5 Å². The van der Waals surface area contributed by atoms with Gasteiger partial charge in [-0.3, -0.25) is 4.79 Å². The van der Waals surface area contributed by atoms with Gasteiger partial charge >= 0.3 is 6.09 Å². The number of fused-ring (bicyclic) bond motifs is 1. The minimum Gasteiger partial charge on any atom is -0.444 e. The maximum Gasteiger partial charge on any atom is 0.408 e. The van der Waals surface area contributed by atoms with Crippen LogP contribution in [0.4, 0.5) is 10.7 Å². The zero-order valence-corrected chi connectivity index (χ0v) is 20.9. The molecule has 2 amide bonds. The van der Waals surface area contributed by atoms with E-state index in [0.29, 0.717) is 22.4 Å². The van der Waals surface area contributed by atoms with E-state index < -0.39 is 33.7 Å². The van der Waals surface area contributed by atoms with Crippen molar-refractivity contribution in [1.29, 1.82) is 0 Å². The van der Waals surface area contributed by atoms with Crippen molar-refractivity contribution in [2.45, 2.75) is 57.6 Å². The van der Waals surface area contributed by atoms with E-state index in [9.17, 15) is 18.0 Å². The Balaban J connectivity index is 1.86. The first kappa shape index (κ1) is 25.9. The summed E-state index contributed by atoms with van der Waals surface area (Å²) in [5.41, 5.74) is 6.59. The van der Waals surface area contributed by atoms with E-state index in [1.54, 1.807) is 26.8 Å². The van der Waals surface area contributed by atoms with Crippen molar-refractivity contribution in [3.8, 4) is 11.3 Å². The average molecular weight is 504 g/mol. The van der Waals surface area contributed by atoms with Gasteiger partial charge in [-0.05, 0) is 45.2 Å².